The minimum absolute atomic E-state index is 0.127. The molecule has 0 heterocycles. The molecule has 0 saturated carbocycles. The Hall–Kier alpha value is -2.28. The highest BCUT2D eigenvalue weighted by Gasteiger charge is 2.21. The summed E-state index contributed by atoms with van der Waals surface area (Å²) in [5.74, 6) is -0.0801. The van der Waals surface area contributed by atoms with E-state index in [2.05, 4.69) is 4.74 Å². The van der Waals surface area contributed by atoms with Crippen LogP contribution >= 0.6 is 0 Å². The van der Waals surface area contributed by atoms with Gasteiger partial charge in [-0.15, -0.1) is 0 Å². The lowest BCUT2D eigenvalue weighted by Crippen LogP contribution is -2.41. The van der Waals surface area contributed by atoms with E-state index in [1.807, 2.05) is 0 Å². The highest BCUT2D eigenvalue weighted by molar-refractivity contribution is 5.79. The number of benzene rings is 1. The Balaban J connectivity index is 2.61. The van der Waals surface area contributed by atoms with Crippen molar-refractivity contribution in [3.8, 4) is 11.5 Å². The molecule has 7 nitrogen and oxygen atoms in total. The molecule has 1 atom stereocenters. The van der Waals surface area contributed by atoms with Gasteiger partial charge in [-0.2, -0.15) is 0 Å². The van der Waals surface area contributed by atoms with Gasteiger partial charge in [0.05, 0.1) is 26.7 Å². The van der Waals surface area contributed by atoms with E-state index in [0.29, 0.717) is 11.5 Å². The summed E-state index contributed by atoms with van der Waals surface area (Å²) in [5.41, 5.74) is 0. The molecule has 23 heavy (non-hydrogen) atoms. The van der Waals surface area contributed by atoms with Crippen molar-refractivity contribution in [2.75, 3.05) is 40.5 Å². The Labute approximate surface area is 135 Å². The first-order valence-corrected chi connectivity index (χ1v) is 7.25. The van der Waals surface area contributed by atoms with Gasteiger partial charge in [-0.3, -0.25) is 9.59 Å². The maximum Gasteiger partial charge on any atom is 0.310 e. The van der Waals surface area contributed by atoms with Crippen LogP contribution in [0, 0.1) is 5.92 Å². The minimum Gasteiger partial charge on any atom is -0.497 e. The van der Waals surface area contributed by atoms with Crippen LogP contribution in [-0.4, -0.2) is 62.4 Å². The number of nitrogens with zero attached hydrogens (tertiary/aromatic N) is 1. The number of methoxy groups -OCH3 is 2. The molecule has 7 heteroatoms. The fraction of sp³-hybridized carbons (Fsp3) is 0.500. The predicted molar refractivity (Wildman–Crippen MR) is 83.3 cm³/mol. The predicted octanol–water partition coefficient (Wildman–Crippen LogP) is 0.704. The maximum atomic E-state index is 12.2. The van der Waals surface area contributed by atoms with Gasteiger partial charge in [0.2, 0.25) is 0 Å². The first-order chi connectivity index (χ1) is 11.0. The van der Waals surface area contributed by atoms with E-state index in [-0.39, 0.29) is 32.2 Å². The van der Waals surface area contributed by atoms with Crippen LogP contribution in [-0.2, 0) is 14.3 Å². The van der Waals surface area contributed by atoms with Crippen LogP contribution in [0.15, 0.2) is 24.3 Å². The van der Waals surface area contributed by atoms with Gasteiger partial charge >= 0.3 is 5.97 Å². The second kappa shape index (κ2) is 9.68. The highest BCUT2D eigenvalue weighted by Crippen LogP contribution is 2.18. The molecule has 0 aliphatic carbocycles. The van der Waals surface area contributed by atoms with Gasteiger partial charge in [-0.05, 0) is 12.1 Å². The molecule has 1 rings (SSSR count). The summed E-state index contributed by atoms with van der Waals surface area (Å²) in [4.78, 5) is 25.0. The maximum absolute atomic E-state index is 12.2. The van der Waals surface area contributed by atoms with Crippen molar-refractivity contribution in [2.24, 2.45) is 5.92 Å². The molecule has 1 aromatic rings. The van der Waals surface area contributed by atoms with Crippen LogP contribution in [0.4, 0.5) is 0 Å². The number of carbonyl (C=O) groups excluding carboxylic acids is 2. The fourth-order valence-electron chi connectivity index (χ4n) is 1.97. The Morgan fingerprint density at radius 3 is 2.57 bits per heavy atom. The number of aliphatic hydroxyl groups excluding tert-OH is 1. The second-order valence-electron chi connectivity index (χ2n) is 4.96. The Morgan fingerprint density at radius 1 is 1.26 bits per heavy atom. The Kier molecular flexibility index (Phi) is 7.90. The molecule has 0 aromatic heterocycles. The summed E-state index contributed by atoms with van der Waals surface area (Å²) in [7, 11) is 2.84. The molecule has 1 N–H and O–H groups in total. The van der Waals surface area contributed by atoms with E-state index in [1.54, 1.807) is 38.3 Å². The van der Waals surface area contributed by atoms with Gasteiger partial charge in [-0.1, -0.05) is 13.0 Å². The van der Waals surface area contributed by atoms with Crippen molar-refractivity contribution in [2.45, 2.75) is 6.92 Å². The molecule has 0 radical (unpaired) electrons. The van der Waals surface area contributed by atoms with Crippen molar-refractivity contribution in [1.29, 1.82) is 0 Å². The third kappa shape index (κ3) is 6.15. The highest BCUT2D eigenvalue weighted by atomic mass is 16.5. The summed E-state index contributed by atoms with van der Waals surface area (Å²) in [5, 5.41) is 9.08. The van der Waals surface area contributed by atoms with Crippen LogP contribution in [0.3, 0.4) is 0 Å². The molecule has 128 valence electrons. The number of hydrogen-bond acceptors (Lipinski definition) is 6. The van der Waals surface area contributed by atoms with E-state index in [0.717, 1.165) is 0 Å². The minimum atomic E-state index is -0.479. The van der Waals surface area contributed by atoms with Gasteiger partial charge in [0.25, 0.3) is 5.91 Å². The molecule has 0 aliphatic heterocycles. The van der Waals surface area contributed by atoms with E-state index >= 15 is 0 Å². The van der Waals surface area contributed by atoms with Gasteiger partial charge in [0.1, 0.15) is 11.5 Å². The lowest BCUT2D eigenvalue weighted by Gasteiger charge is -2.24. The van der Waals surface area contributed by atoms with Crippen LogP contribution in [0.25, 0.3) is 0 Å². The van der Waals surface area contributed by atoms with Crippen LogP contribution in [0.2, 0.25) is 0 Å². The fourth-order valence-corrected chi connectivity index (χ4v) is 1.97. The van der Waals surface area contributed by atoms with Gasteiger partial charge in [0, 0.05) is 19.2 Å². The average Bonchev–Trinajstić information content (AvgIpc) is 2.58. The number of aliphatic hydroxyl groups is 1. The average molecular weight is 325 g/mol. The SMILES string of the molecule is COC(=O)C(C)CN(CCO)C(=O)COc1cccc(OC)c1. The summed E-state index contributed by atoms with van der Waals surface area (Å²) in [6.45, 7) is 1.56. The van der Waals surface area contributed by atoms with Crippen molar-refractivity contribution in [3.05, 3.63) is 24.3 Å². The van der Waals surface area contributed by atoms with Gasteiger partial charge in [0.15, 0.2) is 6.61 Å². The lowest BCUT2D eigenvalue weighted by molar-refractivity contribution is -0.146. The summed E-state index contributed by atoms with van der Waals surface area (Å²) in [6.07, 6.45) is 0. The van der Waals surface area contributed by atoms with Gasteiger partial charge < -0.3 is 24.2 Å². The molecule has 1 unspecified atom stereocenters. The number of rotatable bonds is 9. The lowest BCUT2D eigenvalue weighted by atomic mass is 10.1. The van der Waals surface area contributed by atoms with E-state index in [9.17, 15) is 9.59 Å². The third-order valence-electron chi connectivity index (χ3n) is 3.22. The first-order valence-electron chi connectivity index (χ1n) is 7.25. The number of ether oxygens (including phenoxy) is 3. The van der Waals surface area contributed by atoms with E-state index < -0.39 is 11.9 Å². The van der Waals surface area contributed by atoms with Crippen LogP contribution in [0.1, 0.15) is 6.92 Å². The quantitative estimate of drug-likeness (QED) is 0.673. The normalized spacial score (nSPS) is 11.5. The standard InChI is InChI=1S/C16H23NO6/c1-12(16(20)22-3)10-17(7-8-18)15(19)11-23-14-6-4-5-13(9-14)21-2/h4-6,9,12,18H,7-8,10-11H2,1-3H3. The Bertz CT molecular complexity index is 519. The van der Waals surface area contributed by atoms with Crippen LogP contribution in [0.5, 0.6) is 11.5 Å². The zero-order valence-electron chi connectivity index (χ0n) is 13.7. The first kappa shape index (κ1) is 18.8. The monoisotopic (exact) mass is 325 g/mol. The Morgan fingerprint density at radius 2 is 1.96 bits per heavy atom. The summed E-state index contributed by atoms with van der Waals surface area (Å²) < 4.78 is 15.2. The van der Waals surface area contributed by atoms with Crippen molar-refractivity contribution < 1.29 is 28.9 Å². The largest absolute Gasteiger partial charge is 0.497 e. The second-order valence-corrected chi connectivity index (χ2v) is 4.96. The number of carbonyl (C=O) groups is 2. The zero-order valence-corrected chi connectivity index (χ0v) is 13.7. The molecule has 0 aliphatic rings. The number of esters is 1. The molecule has 0 saturated heterocycles. The zero-order chi connectivity index (χ0) is 17.2. The summed E-state index contributed by atoms with van der Waals surface area (Å²) in [6, 6.07) is 6.90. The molecular formula is C16H23NO6. The molecular weight excluding hydrogens is 302 g/mol. The summed E-state index contributed by atoms with van der Waals surface area (Å²) >= 11 is 0. The number of hydrogen-bond donors (Lipinski definition) is 1. The van der Waals surface area contributed by atoms with Crippen molar-refractivity contribution in [1.82, 2.24) is 4.90 Å². The van der Waals surface area contributed by atoms with Crippen molar-refractivity contribution >= 4 is 11.9 Å². The molecule has 0 spiro atoms. The van der Waals surface area contributed by atoms with Crippen LogP contribution < -0.4 is 9.47 Å². The van der Waals surface area contributed by atoms with Crippen molar-refractivity contribution in [3.63, 3.8) is 0 Å². The molecule has 0 fully saturated rings. The topological polar surface area (TPSA) is 85.3 Å². The smallest absolute Gasteiger partial charge is 0.310 e. The molecule has 1 amide bonds. The molecule has 0 bridgehead atoms. The molecule has 1 aromatic carbocycles. The van der Waals surface area contributed by atoms with E-state index in [1.165, 1.54) is 12.0 Å². The number of amides is 1. The van der Waals surface area contributed by atoms with E-state index in [4.69, 9.17) is 14.6 Å². The third-order valence-corrected chi connectivity index (χ3v) is 3.22. The van der Waals surface area contributed by atoms with Gasteiger partial charge in [-0.25, -0.2) is 0 Å².